The number of β-amino-alcohol motifs (C(OH)–C–C–N with tert-alkyl or cyclic N) is 1. The first-order chi connectivity index (χ1) is 12.9. The summed E-state index contributed by atoms with van der Waals surface area (Å²) < 4.78 is 25.4. The Labute approximate surface area is 159 Å². The Hall–Kier alpha value is -2.31. The number of para-hydroxylation sites is 1. The molecule has 3 aromatic rings. The van der Waals surface area contributed by atoms with Crippen molar-refractivity contribution in [1.82, 2.24) is 4.98 Å². The van der Waals surface area contributed by atoms with Gasteiger partial charge in [0, 0.05) is 40.9 Å². The maximum atomic E-state index is 12.7. The van der Waals surface area contributed by atoms with E-state index in [1.54, 1.807) is 26.0 Å². The van der Waals surface area contributed by atoms with Gasteiger partial charge in [0.25, 0.3) is 0 Å². The van der Waals surface area contributed by atoms with E-state index in [9.17, 15) is 13.5 Å². The van der Waals surface area contributed by atoms with Gasteiger partial charge < -0.3 is 15.0 Å². The number of hydrogen-bond acceptors (Lipinski definition) is 4. The third-order valence-corrected chi connectivity index (χ3v) is 7.39. The molecule has 27 heavy (non-hydrogen) atoms. The summed E-state index contributed by atoms with van der Waals surface area (Å²) in [6, 6.07) is 15.4. The van der Waals surface area contributed by atoms with Gasteiger partial charge in [0.15, 0.2) is 9.84 Å². The van der Waals surface area contributed by atoms with Crippen LogP contribution in [0.1, 0.15) is 20.3 Å². The smallest absolute Gasteiger partial charge is 0.180 e. The minimum absolute atomic E-state index is 0.328. The van der Waals surface area contributed by atoms with Gasteiger partial charge in [-0.25, -0.2) is 8.42 Å². The molecule has 1 aromatic heterocycles. The van der Waals surface area contributed by atoms with Crippen LogP contribution in [0.5, 0.6) is 0 Å². The van der Waals surface area contributed by atoms with Gasteiger partial charge in [-0.1, -0.05) is 18.2 Å². The highest BCUT2D eigenvalue weighted by Gasteiger charge is 2.26. The van der Waals surface area contributed by atoms with Crippen LogP contribution in [-0.2, 0) is 9.84 Å². The Kier molecular flexibility index (Phi) is 4.48. The van der Waals surface area contributed by atoms with Crippen LogP contribution in [-0.4, -0.2) is 43.0 Å². The lowest BCUT2D eigenvalue weighted by atomic mass is 10.1. The van der Waals surface area contributed by atoms with E-state index in [-0.39, 0.29) is 6.10 Å². The first-order valence-corrected chi connectivity index (χ1v) is 10.8. The molecule has 0 unspecified atom stereocenters. The Bertz CT molecular complexity index is 1050. The monoisotopic (exact) mass is 384 g/mol. The van der Waals surface area contributed by atoms with E-state index in [4.69, 9.17) is 0 Å². The first-order valence-electron chi connectivity index (χ1n) is 9.25. The fourth-order valence-corrected chi connectivity index (χ4v) is 4.72. The van der Waals surface area contributed by atoms with E-state index in [2.05, 4.69) is 9.88 Å². The van der Waals surface area contributed by atoms with Gasteiger partial charge in [-0.15, -0.1) is 0 Å². The van der Waals surface area contributed by atoms with Crippen LogP contribution in [0.15, 0.2) is 53.4 Å². The number of benzene rings is 2. The van der Waals surface area contributed by atoms with Crippen molar-refractivity contribution in [2.45, 2.75) is 36.5 Å². The molecule has 2 aromatic carbocycles. The average molecular weight is 385 g/mol. The number of nitrogens with zero attached hydrogens (tertiary/aromatic N) is 1. The number of aliphatic hydroxyl groups excluding tert-OH is 1. The largest absolute Gasteiger partial charge is 0.391 e. The third-order valence-electron chi connectivity index (χ3n) is 5.24. The van der Waals surface area contributed by atoms with Crippen LogP contribution < -0.4 is 4.90 Å². The summed E-state index contributed by atoms with van der Waals surface area (Å²) in [7, 11) is -3.37. The van der Waals surface area contributed by atoms with E-state index >= 15 is 0 Å². The average Bonchev–Trinajstić information content (AvgIpc) is 3.27. The maximum absolute atomic E-state index is 12.7. The van der Waals surface area contributed by atoms with Crippen molar-refractivity contribution in [1.29, 1.82) is 0 Å². The van der Waals surface area contributed by atoms with Gasteiger partial charge in [-0.05, 0) is 50.6 Å². The van der Waals surface area contributed by atoms with Crippen LogP contribution in [0.4, 0.5) is 5.69 Å². The predicted molar refractivity (Wildman–Crippen MR) is 109 cm³/mol. The molecule has 6 heteroatoms. The molecule has 0 aliphatic carbocycles. The number of rotatable bonds is 4. The molecule has 1 aliphatic rings. The van der Waals surface area contributed by atoms with Crippen molar-refractivity contribution in [2.24, 2.45) is 0 Å². The Balaban J connectivity index is 1.89. The fraction of sp³-hybridized carbons (Fsp3) is 0.333. The number of fused-ring (bicyclic) bond motifs is 1. The number of hydrogen-bond donors (Lipinski definition) is 2. The summed E-state index contributed by atoms with van der Waals surface area (Å²) in [5.41, 5.74) is 3.69. The van der Waals surface area contributed by atoms with Gasteiger partial charge in [-0.3, -0.25) is 0 Å². The van der Waals surface area contributed by atoms with E-state index in [0.29, 0.717) is 11.4 Å². The van der Waals surface area contributed by atoms with Gasteiger partial charge in [0.2, 0.25) is 0 Å². The number of aromatic amines is 1. The van der Waals surface area contributed by atoms with Gasteiger partial charge >= 0.3 is 0 Å². The van der Waals surface area contributed by atoms with Gasteiger partial charge in [0.1, 0.15) is 0 Å². The lowest BCUT2D eigenvalue weighted by Crippen LogP contribution is -2.22. The molecule has 5 nitrogen and oxygen atoms in total. The van der Waals surface area contributed by atoms with E-state index in [1.165, 1.54) is 0 Å². The van der Waals surface area contributed by atoms with Crippen molar-refractivity contribution in [3.05, 3.63) is 48.5 Å². The highest BCUT2D eigenvalue weighted by atomic mass is 32.2. The molecular weight excluding hydrogens is 360 g/mol. The molecule has 1 aliphatic heterocycles. The second kappa shape index (κ2) is 6.69. The quantitative estimate of drug-likeness (QED) is 0.721. The molecule has 2 N–H and O–H groups in total. The summed E-state index contributed by atoms with van der Waals surface area (Å²) in [6.45, 7) is 4.71. The molecule has 0 saturated carbocycles. The topological polar surface area (TPSA) is 73.4 Å². The Morgan fingerprint density at radius 2 is 1.93 bits per heavy atom. The normalized spacial score (nSPS) is 17.9. The first kappa shape index (κ1) is 18.1. The zero-order chi connectivity index (χ0) is 19.2. The number of aromatic nitrogens is 1. The van der Waals surface area contributed by atoms with Gasteiger partial charge in [0.05, 0.1) is 16.2 Å². The fourth-order valence-electron chi connectivity index (χ4n) is 3.63. The molecule has 0 spiro atoms. The second-order valence-electron chi connectivity index (χ2n) is 7.43. The molecule has 142 valence electrons. The lowest BCUT2D eigenvalue weighted by Gasteiger charge is -2.22. The van der Waals surface area contributed by atoms with Crippen LogP contribution in [0.2, 0.25) is 0 Å². The van der Waals surface area contributed by atoms with E-state index < -0.39 is 15.1 Å². The van der Waals surface area contributed by atoms with E-state index in [0.717, 1.165) is 40.8 Å². The number of nitrogens with one attached hydrogen (secondary N) is 1. The van der Waals surface area contributed by atoms with Crippen LogP contribution in [0.3, 0.4) is 0 Å². The highest BCUT2D eigenvalue weighted by molar-refractivity contribution is 7.92. The van der Waals surface area contributed by atoms with Crippen molar-refractivity contribution >= 4 is 26.4 Å². The molecular formula is C21H24N2O3S. The van der Waals surface area contributed by atoms with Crippen molar-refractivity contribution in [2.75, 3.05) is 18.0 Å². The van der Waals surface area contributed by atoms with Crippen LogP contribution in [0, 0.1) is 0 Å². The summed E-state index contributed by atoms with van der Waals surface area (Å²) in [6.07, 6.45) is 0.373. The highest BCUT2D eigenvalue weighted by Crippen LogP contribution is 2.36. The number of aliphatic hydroxyl groups is 1. The summed E-state index contributed by atoms with van der Waals surface area (Å²) >= 11 is 0. The summed E-state index contributed by atoms with van der Waals surface area (Å²) in [5, 5.41) is 10.5. The van der Waals surface area contributed by atoms with Crippen molar-refractivity contribution < 1.29 is 13.5 Å². The number of sulfone groups is 1. The Morgan fingerprint density at radius 3 is 2.59 bits per heavy atom. The molecule has 0 bridgehead atoms. The summed E-state index contributed by atoms with van der Waals surface area (Å²) in [5.74, 6) is 0. The predicted octanol–water partition coefficient (Wildman–Crippen LogP) is 3.59. The molecule has 1 saturated heterocycles. The molecule has 1 fully saturated rings. The number of anilines is 1. The third kappa shape index (κ3) is 3.24. The number of H-pyrrole nitrogens is 1. The van der Waals surface area contributed by atoms with Crippen LogP contribution >= 0.6 is 0 Å². The lowest BCUT2D eigenvalue weighted by molar-refractivity contribution is 0.198. The molecule has 0 amide bonds. The zero-order valence-electron chi connectivity index (χ0n) is 15.5. The molecule has 2 heterocycles. The maximum Gasteiger partial charge on any atom is 0.180 e. The molecule has 0 radical (unpaired) electrons. The minimum atomic E-state index is -3.37. The van der Waals surface area contributed by atoms with Crippen molar-refractivity contribution in [3.8, 4) is 11.3 Å². The zero-order valence-corrected chi connectivity index (χ0v) is 16.3. The standard InChI is InChI=1S/C21H24N2O3S/c1-14(2)27(25,26)17-7-8-21(23-10-9-16(24)13-23)18(12-17)20-11-15-5-3-4-6-19(15)22-20/h3-8,11-12,14,16,22,24H,9-10,13H2,1-2H3/t16-/m0/s1. The molecule has 4 rings (SSSR count). The van der Waals surface area contributed by atoms with E-state index in [1.807, 2.05) is 36.4 Å². The van der Waals surface area contributed by atoms with Crippen LogP contribution in [0.25, 0.3) is 22.2 Å². The summed E-state index contributed by atoms with van der Waals surface area (Å²) in [4.78, 5) is 5.86. The second-order valence-corrected chi connectivity index (χ2v) is 9.94. The Morgan fingerprint density at radius 1 is 1.15 bits per heavy atom. The molecule has 1 atom stereocenters. The SMILES string of the molecule is CC(C)S(=O)(=O)c1ccc(N2CC[C@H](O)C2)c(-c2cc3ccccc3[nH]2)c1. The van der Waals surface area contributed by atoms with Gasteiger partial charge in [-0.2, -0.15) is 0 Å². The van der Waals surface area contributed by atoms with Crippen molar-refractivity contribution in [3.63, 3.8) is 0 Å². The minimum Gasteiger partial charge on any atom is -0.391 e.